The highest BCUT2D eigenvalue weighted by Gasteiger charge is 2.37. The Bertz CT molecular complexity index is 957. The summed E-state index contributed by atoms with van der Waals surface area (Å²) in [4.78, 5) is 36.3. The summed E-state index contributed by atoms with van der Waals surface area (Å²) in [5.74, 6) is -0.940. The minimum Gasteiger partial charge on any atom is -0.480 e. The van der Waals surface area contributed by atoms with Gasteiger partial charge < -0.3 is 14.9 Å². The lowest BCUT2D eigenvalue weighted by atomic mass is 10.1. The van der Waals surface area contributed by atoms with Gasteiger partial charge >= 0.3 is 5.97 Å². The molecule has 1 saturated heterocycles. The lowest BCUT2D eigenvalue weighted by Crippen LogP contribution is -2.58. The van der Waals surface area contributed by atoms with Gasteiger partial charge in [-0.3, -0.25) is 4.79 Å². The summed E-state index contributed by atoms with van der Waals surface area (Å²) in [5, 5.41) is 13.8. The molecule has 0 saturated carbocycles. The molecule has 0 radical (unpaired) electrons. The van der Waals surface area contributed by atoms with Crippen molar-refractivity contribution in [1.82, 2.24) is 24.5 Å². The molecule has 1 aliphatic heterocycles. The van der Waals surface area contributed by atoms with Gasteiger partial charge in [-0.25, -0.2) is 19.3 Å². The monoisotopic (exact) mass is 352 g/mol. The van der Waals surface area contributed by atoms with Crippen molar-refractivity contribution in [2.75, 3.05) is 24.5 Å². The number of aromatic nitrogens is 4. The van der Waals surface area contributed by atoms with Crippen molar-refractivity contribution in [2.24, 2.45) is 0 Å². The zero-order valence-corrected chi connectivity index (χ0v) is 13.8. The average molecular weight is 352 g/mol. The fourth-order valence-corrected chi connectivity index (χ4v) is 3.13. The van der Waals surface area contributed by atoms with Crippen molar-refractivity contribution >= 4 is 23.3 Å². The normalized spacial score (nSPS) is 17.5. The third-order valence-corrected chi connectivity index (χ3v) is 4.42. The van der Waals surface area contributed by atoms with Crippen molar-refractivity contribution in [3.05, 3.63) is 54.6 Å². The molecule has 9 nitrogen and oxygen atoms in total. The maximum Gasteiger partial charge on any atom is 0.328 e. The number of carboxylic acid groups (broad SMARTS) is 1. The third kappa shape index (κ3) is 2.73. The van der Waals surface area contributed by atoms with Gasteiger partial charge in [-0.05, 0) is 18.2 Å². The second-order valence-electron chi connectivity index (χ2n) is 5.94. The van der Waals surface area contributed by atoms with Gasteiger partial charge in [0.25, 0.3) is 5.91 Å². The number of piperazine rings is 1. The van der Waals surface area contributed by atoms with Crippen LogP contribution in [0.15, 0.2) is 49.1 Å². The van der Waals surface area contributed by atoms with Crippen LogP contribution in [-0.4, -0.2) is 67.1 Å². The number of aliphatic carboxylic acids is 1. The lowest BCUT2D eigenvalue weighted by molar-refractivity contribution is -0.142. The predicted octanol–water partition coefficient (Wildman–Crippen LogP) is 0.540. The van der Waals surface area contributed by atoms with Gasteiger partial charge in [-0.15, -0.1) is 0 Å². The largest absolute Gasteiger partial charge is 0.480 e. The molecule has 132 valence electrons. The number of hydrogen-bond acceptors (Lipinski definition) is 6. The summed E-state index contributed by atoms with van der Waals surface area (Å²) in [7, 11) is 0. The minimum absolute atomic E-state index is 0.129. The summed E-state index contributed by atoms with van der Waals surface area (Å²) in [6.07, 6.45) is 6.43. The van der Waals surface area contributed by atoms with E-state index in [1.807, 2.05) is 12.1 Å². The molecule has 1 aliphatic rings. The molecule has 0 aliphatic carbocycles. The maximum atomic E-state index is 13.0. The Morgan fingerprint density at radius 3 is 2.69 bits per heavy atom. The van der Waals surface area contributed by atoms with E-state index >= 15 is 0 Å². The van der Waals surface area contributed by atoms with E-state index in [1.165, 1.54) is 11.1 Å². The van der Waals surface area contributed by atoms with Gasteiger partial charge in [0, 0.05) is 31.7 Å². The van der Waals surface area contributed by atoms with Crippen LogP contribution in [0.1, 0.15) is 10.4 Å². The lowest BCUT2D eigenvalue weighted by Gasteiger charge is -2.39. The molecule has 4 heterocycles. The van der Waals surface area contributed by atoms with Crippen LogP contribution >= 0.6 is 0 Å². The Balaban J connectivity index is 1.62. The molecule has 0 bridgehead atoms. The third-order valence-electron chi connectivity index (χ3n) is 4.42. The van der Waals surface area contributed by atoms with E-state index in [4.69, 9.17) is 0 Å². The van der Waals surface area contributed by atoms with E-state index in [1.54, 1.807) is 40.1 Å². The number of amides is 1. The summed E-state index contributed by atoms with van der Waals surface area (Å²) >= 11 is 0. The fourth-order valence-electron chi connectivity index (χ4n) is 3.13. The SMILES string of the molecule is O=C(O)[C@@H]1CN(c2ncccn2)CCN1C(=O)c1cnn2ccccc12. The quantitative estimate of drug-likeness (QED) is 0.733. The number of nitrogens with zero attached hydrogens (tertiary/aromatic N) is 6. The molecule has 9 heteroatoms. The first kappa shape index (κ1) is 16.0. The van der Waals surface area contributed by atoms with E-state index in [0.717, 1.165) is 0 Å². The summed E-state index contributed by atoms with van der Waals surface area (Å²) in [5.41, 5.74) is 1.04. The molecule has 1 atom stereocenters. The predicted molar refractivity (Wildman–Crippen MR) is 91.9 cm³/mol. The van der Waals surface area contributed by atoms with E-state index in [-0.39, 0.29) is 19.0 Å². The Morgan fingerprint density at radius 2 is 1.92 bits per heavy atom. The van der Waals surface area contributed by atoms with Crippen molar-refractivity contribution in [1.29, 1.82) is 0 Å². The van der Waals surface area contributed by atoms with Crippen LogP contribution in [0.2, 0.25) is 0 Å². The summed E-state index contributed by atoms with van der Waals surface area (Å²) in [6, 6.07) is 6.12. The van der Waals surface area contributed by atoms with E-state index in [0.29, 0.717) is 23.6 Å². The Labute approximate surface area is 148 Å². The van der Waals surface area contributed by atoms with Crippen molar-refractivity contribution in [3.63, 3.8) is 0 Å². The first-order chi connectivity index (χ1) is 12.6. The number of hydrogen-bond donors (Lipinski definition) is 1. The highest BCUT2D eigenvalue weighted by molar-refractivity contribution is 6.02. The molecule has 3 aromatic rings. The van der Waals surface area contributed by atoms with Crippen LogP contribution in [0, 0.1) is 0 Å². The van der Waals surface area contributed by atoms with Crippen LogP contribution in [0.4, 0.5) is 5.95 Å². The van der Waals surface area contributed by atoms with Crippen LogP contribution in [-0.2, 0) is 4.79 Å². The highest BCUT2D eigenvalue weighted by atomic mass is 16.4. The molecule has 1 N–H and O–H groups in total. The van der Waals surface area contributed by atoms with Gasteiger partial charge in [-0.1, -0.05) is 6.07 Å². The van der Waals surface area contributed by atoms with Crippen LogP contribution in [0.5, 0.6) is 0 Å². The van der Waals surface area contributed by atoms with E-state index < -0.39 is 12.0 Å². The smallest absolute Gasteiger partial charge is 0.328 e. The Morgan fingerprint density at radius 1 is 1.12 bits per heavy atom. The minimum atomic E-state index is -1.06. The molecular formula is C17H16N6O3. The number of carbonyl (C=O) groups excluding carboxylic acids is 1. The first-order valence-electron chi connectivity index (χ1n) is 8.13. The standard InChI is InChI=1S/C17H16N6O3/c24-15(12-10-20-23-7-2-1-4-13(12)23)22-9-8-21(11-14(22)16(25)26)17-18-5-3-6-19-17/h1-7,10,14H,8-9,11H2,(H,25,26)/t14-/m0/s1. The van der Waals surface area contributed by atoms with Gasteiger partial charge in [0.15, 0.2) is 0 Å². The Kier molecular flexibility index (Phi) is 3.96. The number of anilines is 1. The molecule has 0 unspecified atom stereocenters. The van der Waals surface area contributed by atoms with Crippen molar-refractivity contribution < 1.29 is 14.7 Å². The molecular weight excluding hydrogens is 336 g/mol. The molecule has 0 aromatic carbocycles. The summed E-state index contributed by atoms with van der Waals surface area (Å²) in [6.45, 7) is 0.848. The van der Waals surface area contributed by atoms with E-state index in [9.17, 15) is 14.7 Å². The van der Waals surface area contributed by atoms with Gasteiger partial charge in [0.05, 0.1) is 23.8 Å². The number of carboxylic acids is 1. The number of rotatable bonds is 3. The zero-order valence-electron chi connectivity index (χ0n) is 13.8. The van der Waals surface area contributed by atoms with E-state index in [2.05, 4.69) is 15.1 Å². The van der Waals surface area contributed by atoms with Crippen molar-refractivity contribution in [3.8, 4) is 0 Å². The average Bonchev–Trinajstić information content (AvgIpc) is 3.12. The number of carbonyl (C=O) groups is 2. The molecule has 1 amide bonds. The number of fused-ring (bicyclic) bond motifs is 1. The fraction of sp³-hybridized carbons (Fsp3) is 0.235. The second kappa shape index (κ2) is 6.43. The van der Waals surface area contributed by atoms with Crippen LogP contribution in [0.25, 0.3) is 5.52 Å². The summed E-state index contributed by atoms with van der Waals surface area (Å²) < 4.78 is 1.59. The van der Waals surface area contributed by atoms with Gasteiger partial charge in [-0.2, -0.15) is 5.10 Å². The highest BCUT2D eigenvalue weighted by Crippen LogP contribution is 2.20. The molecule has 4 rings (SSSR count). The van der Waals surface area contributed by atoms with Crippen LogP contribution in [0.3, 0.4) is 0 Å². The Hall–Kier alpha value is -3.49. The first-order valence-corrected chi connectivity index (χ1v) is 8.13. The van der Waals surface area contributed by atoms with Gasteiger partial charge in [0.1, 0.15) is 6.04 Å². The maximum absolute atomic E-state index is 13.0. The van der Waals surface area contributed by atoms with Crippen LogP contribution < -0.4 is 4.90 Å². The second-order valence-corrected chi connectivity index (χ2v) is 5.94. The topological polar surface area (TPSA) is 104 Å². The molecule has 0 spiro atoms. The van der Waals surface area contributed by atoms with Crippen molar-refractivity contribution in [2.45, 2.75) is 6.04 Å². The molecule has 1 fully saturated rings. The molecule has 3 aromatic heterocycles. The molecule has 26 heavy (non-hydrogen) atoms. The van der Waals surface area contributed by atoms with Gasteiger partial charge in [0.2, 0.25) is 5.95 Å². The number of pyridine rings is 1. The zero-order chi connectivity index (χ0) is 18.1.